The van der Waals surface area contributed by atoms with Crippen LogP contribution in [0.4, 0.5) is 0 Å². The first-order valence-corrected chi connectivity index (χ1v) is 8.78. The van der Waals surface area contributed by atoms with E-state index in [4.69, 9.17) is 9.15 Å². The molecule has 0 atom stereocenters. The Balaban J connectivity index is 1.42. The summed E-state index contributed by atoms with van der Waals surface area (Å²) in [6.45, 7) is 4.86. The standard InChI is InChI=1S/C18H19N3O2S/c1-13-4-5-16(12-14(13)2)22-10-3-11-24-18-21-20-17(23-18)15-6-8-19-9-7-15/h4-9,12H,3,10-11H2,1-2H3. The summed E-state index contributed by atoms with van der Waals surface area (Å²) in [5.41, 5.74) is 3.40. The number of hydrogen-bond acceptors (Lipinski definition) is 6. The van der Waals surface area contributed by atoms with Gasteiger partial charge < -0.3 is 9.15 Å². The summed E-state index contributed by atoms with van der Waals surface area (Å²) in [6.07, 6.45) is 4.32. The van der Waals surface area contributed by atoms with E-state index < -0.39 is 0 Å². The van der Waals surface area contributed by atoms with Crippen molar-refractivity contribution in [1.82, 2.24) is 15.2 Å². The molecule has 0 saturated carbocycles. The van der Waals surface area contributed by atoms with Gasteiger partial charge >= 0.3 is 0 Å². The molecular weight excluding hydrogens is 322 g/mol. The van der Waals surface area contributed by atoms with Crippen molar-refractivity contribution in [2.24, 2.45) is 0 Å². The van der Waals surface area contributed by atoms with Gasteiger partial charge in [0.05, 0.1) is 6.61 Å². The third-order valence-electron chi connectivity index (χ3n) is 3.60. The zero-order chi connectivity index (χ0) is 16.8. The largest absolute Gasteiger partial charge is 0.494 e. The Kier molecular flexibility index (Phi) is 5.48. The molecule has 24 heavy (non-hydrogen) atoms. The Morgan fingerprint density at radius 2 is 1.88 bits per heavy atom. The molecule has 2 heterocycles. The van der Waals surface area contributed by atoms with E-state index in [-0.39, 0.29) is 0 Å². The molecule has 3 aromatic rings. The predicted octanol–water partition coefficient (Wildman–Crippen LogP) is 4.31. The molecule has 0 spiro atoms. The Labute approximate surface area is 145 Å². The normalized spacial score (nSPS) is 10.8. The lowest BCUT2D eigenvalue weighted by molar-refractivity contribution is 0.318. The first kappa shape index (κ1) is 16.5. The van der Waals surface area contributed by atoms with Gasteiger partial charge in [0.25, 0.3) is 5.22 Å². The van der Waals surface area contributed by atoms with E-state index in [0.29, 0.717) is 17.7 Å². The van der Waals surface area contributed by atoms with Crippen molar-refractivity contribution in [2.75, 3.05) is 12.4 Å². The van der Waals surface area contributed by atoms with Gasteiger partial charge in [-0.05, 0) is 55.7 Å². The molecule has 0 aliphatic heterocycles. The zero-order valence-electron chi connectivity index (χ0n) is 13.7. The predicted molar refractivity (Wildman–Crippen MR) is 94.3 cm³/mol. The van der Waals surface area contributed by atoms with Crippen LogP contribution in [0.3, 0.4) is 0 Å². The van der Waals surface area contributed by atoms with E-state index >= 15 is 0 Å². The maximum Gasteiger partial charge on any atom is 0.276 e. The number of benzene rings is 1. The maximum atomic E-state index is 5.77. The molecule has 5 nitrogen and oxygen atoms in total. The minimum atomic E-state index is 0.520. The molecule has 0 unspecified atom stereocenters. The second kappa shape index (κ2) is 7.97. The Bertz CT molecular complexity index is 790. The lowest BCUT2D eigenvalue weighted by Gasteiger charge is -2.07. The van der Waals surface area contributed by atoms with Crippen LogP contribution in [0.2, 0.25) is 0 Å². The van der Waals surface area contributed by atoms with Crippen molar-refractivity contribution in [3.8, 4) is 17.2 Å². The molecule has 124 valence electrons. The molecule has 0 fully saturated rings. The van der Waals surface area contributed by atoms with Crippen LogP contribution < -0.4 is 4.74 Å². The maximum absolute atomic E-state index is 5.77. The van der Waals surface area contributed by atoms with Gasteiger partial charge in [-0.2, -0.15) is 0 Å². The third-order valence-corrected chi connectivity index (χ3v) is 4.50. The first-order chi connectivity index (χ1) is 11.7. The SMILES string of the molecule is Cc1ccc(OCCCSc2nnc(-c3ccncc3)o2)cc1C. The minimum Gasteiger partial charge on any atom is -0.494 e. The second-order valence-electron chi connectivity index (χ2n) is 5.41. The third kappa shape index (κ3) is 4.35. The molecule has 0 saturated heterocycles. The number of ether oxygens (including phenoxy) is 1. The second-order valence-corrected chi connectivity index (χ2v) is 6.45. The summed E-state index contributed by atoms with van der Waals surface area (Å²) in [5, 5.41) is 8.69. The van der Waals surface area contributed by atoms with Crippen LogP contribution in [0.25, 0.3) is 11.5 Å². The van der Waals surface area contributed by atoms with Gasteiger partial charge in [0.1, 0.15) is 5.75 Å². The summed E-state index contributed by atoms with van der Waals surface area (Å²) in [5.74, 6) is 2.30. The fourth-order valence-corrected chi connectivity index (χ4v) is 2.76. The van der Waals surface area contributed by atoms with Crippen molar-refractivity contribution >= 4 is 11.8 Å². The molecule has 6 heteroatoms. The summed E-state index contributed by atoms with van der Waals surface area (Å²) < 4.78 is 11.4. The number of rotatable bonds is 7. The first-order valence-electron chi connectivity index (χ1n) is 7.79. The number of thioether (sulfide) groups is 1. The van der Waals surface area contributed by atoms with Gasteiger partial charge in [-0.25, -0.2) is 0 Å². The molecule has 0 N–H and O–H groups in total. The van der Waals surface area contributed by atoms with E-state index in [0.717, 1.165) is 23.5 Å². The molecule has 1 aromatic carbocycles. The number of nitrogens with zero attached hydrogens (tertiary/aromatic N) is 3. The van der Waals surface area contributed by atoms with E-state index in [2.05, 4.69) is 41.2 Å². The van der Waals surface area contributed by atoms with Gasteiger partial charge in [-0.3, -0.25) is 4.98 Å². The van der Waals surface area contributed by atoms with Crippen LogP contribution in [0.1, 0.15) is 17.5 Å². The Hall–Kier alpha value is -2.34. The van der Waals surface area contributed by atoms with Gasteiger partial charge in [0.2, 0.25) is 5.89 Å². The van der Waals surface area contributed by atoms with Crippen molar-refractivity contribution in [2.45, 2.75) is 25.5 Å². The van der Waals surface area contributed by atoms with E-state index in [1.165, 1.54) is 11.1 Å². The topological polar surface area (TPSA) is 61.0 Å². The number of hydrogen-bond donors (Lipinski definition) is 0. The summed E-state index contributed by atoms with van der Waals surface area (Å²) >= 11 is 1.54. The van der Waals surface area contributed by atoms with Crippen molar-refractivity contribution in [3.05, 3.63) is 53.9 Å². The number of aryl methyl sites for hydroxylation is 2. The van der Waals surface area contributed by atoms with Crippen molar-refractivity contribution in [1.29, 1.82) is 0 Å². The highest BCUT2D eigenvalue weighted by atomic mass is 32.2. The minimum absolute atomic E-state index is 0.520. The Morgan fingerprint density at radius 1 is 1.04 bits per heavy atom. The zero-order valence-corrected chi connectivity index (χ0v) is 14.5. The van der Waals surface area contributed by atoms with Gasteiger partial charge in [0, 0.05) is 23.7 Å². The van der Waals surface area contributed by atoms with Gasteiger partial charge in [0.15, 0.2) is 0 Å². The Morgan fingerprint density at radius 3 is 2.67 bits per heavy atom. The highest BCUT2D eigenvalue weighted by Gasteiger charge is 2.08. The smallest absolute Gasteiger partial charge is 0.276 e. The van der Waals surface area contributed by atoms with Gasteiger partial charge in [-0.15, -0.1) is 10.2 Å². The lowest BCUT2D eigenvalue weighted by Crippen LogP contribution is -1.99. The van der Waals surface area contributed by atoms with E-state index in [9.17, 15) is 0 Å². The number of pyridine rings is 1. The summed E-state index contributed by atoms with van der Waals surface area (Å²) in [6, 6.07) is 9.85. The lowest BCUT2D eigenvalue weighted by atomic mass is 10.1. The summed E-state index contributed by atoms with van der Waals surface area (Å²) in [4.78, 5) is 3.97. The van der Waals surface area contributed by atoms with Crippen molar-refractivity contribution in [3.63, 3.8) is 0 Å². The molecule has 0 radical (unpaired) electrons. The molecule has 0 aliphatic carbocycles. The van der Waals surface area contributed by atoms with Crippen LogP contribution >= 0.6 is 11.8 Å². The van der Waals surface area contributed by atoms with Crippen LogP contribution in [0.5, 0.6) is 5.75 Å². The monoisotopic (exact) mass is 341 g/mol. The van der Waals surface area contributed by atoms with Crippen LogP contribution in [-0.2, 0) is 0 Å². The van der Waals surface area contributed by atoms with E-state index in [1.807, 2.05) is 18.2 Å². The fourth-order valence-electron chi connectivity index (χ4n) is 2.09. The molecule has 3 rings (SSSR count). The molecular formula is C18H19N3O2S. The molecule has 0 amide bonds. The van der Waals surface area contributed by atoms with Crippen LogP contribution in [-0.4, -0.2) is 27.5 Å². The average molecular weight is 341 g/mol. The average Bonchev–Trinajstić information content (AvgIpc) is 3.07. The quantitative estimate of drug-likeness (QED) is 0.471. The van der Waals surface area contributed by atoms with Crippen molar-refractivity contribution < 1.29 is 9.15 Å². The number of aromatic nitrogens is 3. The summed E-state index contributed by atoms with van der Waals surface area (Å²) in [7, 11) is 0. The van der Waals surface area contributed by atoms with Crippen LogP contribution in [0, 0.1) is 13.8 Å². The molecule has 2 aromatic heterocycles. The molecule has 0 aliphatic rings. The highest BCUT2D eigenvalue weighted by Crippen LogP contribution is 2.23. The van der Waals surface area contributed by atoms with Crippen LogP contribution in [0.15, 0.2) is 52.4 Å². The van der Waals surface area contributed by atoms with Gasteiger partial charge in [-0.1, -0.05) is 17.8 Å². The molecule has 0 bridgehead atoms. The highest BCUT2D eigenvalue weighted by molar-refractivity contribution is 7.99. The fraction of sp³-hybridized carbons (Fsp3) is 0.278. The van der Waals surface area contributed by atoms with E-state index in [1.54, 1.807) is 24.2 Å².